The molecular weight excluding hydrogens is 190 g/mol. The monoisotopic (exact) mass is 197 g/mol. The Morgan fingerprint density at radius 1 is 1.46 bits per heavy atom. The van der Waals surface area contributed by atoms with Gasteiger partial charge in [0.2, 0.25) is 5.88 Å². The summed E-state index contributed by atoms with van der Waals surface area (Å²) in [5.74, 6) is 0.309. The highest BCUT2D eigenvalue weighted by atomic mass is 32.1. The van der Waals surface area contributed by atoms with Crippen LogP contribution in [-0.4, -0.2) is 29.3 Å². The van der Waals surface area contributed by atoms with Gasteiger partial charge in [-0.3, -0.25) is 0 Å². The van der Waals surface area contributed by atoms with Crippen LogP contribution in [0.4, 0.5) is 5.69 Å². The summed E-state index contributed by atoms with van der Waals surface area (Å²) in [5, 5.41) is 2.20. The maximum absolute atomic E-state index is 4.93. The second-order valence-corrected chi connectivity index (χ2v) is 2.14. The van der Waals surface area contributed by atoms with Gasteiger partial charge in [0, 0.05) is 0 Å². The van der Waals surface area contributed by atoms with E-state index in [-0.39, 0.29) is 6.01 Å². The van der Waals surface area contributed by atoms with Crippen molar-refractivity contribution in [2.45, 2.75) is 0 Å². The van der Waals surface area contributed by atoms with E-state index in [4.69, 9.17) is 9.47 Å². The molecule has 0 bridgehead atoms. The molecule has 6 heteroatoms. The summed E-state index contributed by atoms with van der Waals surface area (Å²) in [5.41, 5.74) is 0.429. The molecule has 0 saturated carbocycles. The van der Waals surface area contributed by atoms with Crippen molar-refractivity contribution in [1.82, 2.24) is 9.97 Å². The molecule has 0 spiro atoms. The minimum absolute atomic E-state index is 0.222. The van der Waals surface area contributed by atoms with Gasteiger partial charge in [-0.1, -0.05) is 0 Å². The van der Waals surface area contributed by atoms with Crippen LogP contribution in [0.25, 0.3) is 0 Å². The number of aromatic nitrogens is 2. The molecule has 0 unspecified atom stereocenters. The molecule has 5 nitrogen and oxygen atoms in total. The van der Waals surface area contributed by atoms with Gasteiger partial charge in [-0.25, -0.2) is 4.98 Å². The lowest BCUT2D eigenvalue weighted by molar-refractivity contribution is 0.353. The van der Waals surface area contributed by atoms with Crippen molar-refractivity contribution >= 4 is 23.1 Å². The van der Waals surface area contributed by atoms with Crippen molar-refractivity contribution in [2.24, 2.45) is 4.99 Å². The van der Waals surface area contributed by atoms with E-state index in [1.807, 2.05) is 0 Å². The van der Waals surface area contributed by atoms with E-state index < -0.39 is 0 Å². The Bertz CT molecular complexity index is 350. The SMILES string of the molecule is COc1ncc(N=C=S)c(OC)n1. The number of rotatable bonds is 3. The molecule has 1 heterocycles. The summed E-state index contributed by atoms with van der Waals surface area (Å²) in [6.07, 6.45) is 1.45. The molecule has 0 atom stereocenters. The van der Waals surface area contributed by atoms with Crippen molar-refractivity contribution in [2.75, 3.05) is 14.2 Å². The Hall–Kier alpha value is -1.52. The van der Waals surface area contributed by atoms with E-state index in [0.717, 1.165) is 0 Å². The number of aliphatic imine (C=N–C) groups is 1. The minimum Gasteiger partial charge on any atom is -0.479 e. The first-order chi connectivity index (χ1) is 6.31. The predicted molar refractivity (Wildman–Crippen MR) is 49.8 cm³/mol. The lowest BCUT2D eigenvalue weighted by Crippen LogP contribution is -1.94. The van der Waals surface area contributed by atoms with E-state index >= 15 is 0 Å². The number of hydrogen-bond donors (Lipinski definition) is 0. The Kier molecular flexibility index (Phi) is 3.31. The Balaban J connectivity index is 3.15. The first-order valence-corrected chi connectivity index (χ1v) is 3.75. The van der Waals surface area contributed by atoms with Gasteiger partial charge in [-0.15, -0.1) is 0 Å². The summed E-state index contributed by atoms with van der Waals surface area (Å²) in [6.45, 7) is 0. The summed E-state index contributed by atoms with van der Waals surface area (Å²) >= 11 is 4.44. The third kappa shape index (κ3) is 2.21. The standard InChI is InChI=1S/C7H7N3O2S/c1-11-6-5(9-4-13)3-8-7(10-6)12-2/h3H,1-2H3. The van der Waals surface area contributed by atoms with Crippen LogP contribution in [0, 0.1) is 0 Å². The lowest BCUT2D eigenvalue weighted by Gasteiger charge is -2.02. The van der Waals surface area contributed by atoms with Gasteiger partial charge in [0.25, 0.3) is 0 Å². The Morgan fingerprint density at radius 2 is 2.23 bits per heavy atom. The van der Waals surface area contributed by atoms with E-state index in [1.165, 1.54) is 20.4 Å². The number of ether oxygens (including phenoxy) is 2. The van der Waals surface area contributed by atoms with E-state index in [9.17, 15) is 0 Å². The van der Waals surface area contributed by atoms with Gasteiger partial charge in [0.1, 0.15) is 0 Å². The predicted octanol–water partition coefficient (Wildman–Crippen LogP) is 1.23. The topological polar surface area (TPSA) is 56.6 Å². The second kappa shape index (κ2) is 4.49. The number of hydrogen-bond acceptors (Lipinski definition) is 6. The van der Waals surface area contributed by atoms with Gasteiger partial charge < -0.3 is 9.47 Å². The van der Waals surface area contributed by atoms with Gasteiger partial charge in [-0.2, -0.15) is 9.98 Å². The highest BCUT2D eigenvalue weighted by Crippen LogP contribution is 2.24. The molecule has 68 valence electrons. The zero-order chi connectivity index (χ0) is 9.68. The summed E-state index contributed by atoms with van der Waals surface area (Å²) in [7, 11) is 2.95. The van der Waals surface area contributed by atoms with Crippen molar-refractivity contribution in [3.63, 3.8) is 0 Å². The summed E-state index contributed by atoms with van der Waals surface area (Å²) in [6, 6.07) is 0.222. The molecular formula is C7H7N3O2S. The molecule has 0 aliphatic heterocycles. The molecule has 1 rings (SSSR count). The number of nitrogens with zero attached hydrogens (tertiary/aromatic N) is 3. The molecule has 0 fully saturated rings. The Morgan fingerprint density at radius 3 is 2.77 bits per heavy atom. The van der Waals surface area contributed by atoms with Crippen LogP contribution >= 0.6 is 12.2 Å². The first kappa shape index (κ1) is 9.57. The quantitative estimate of drug-likeness (QED) is 0.538. The van der Waals surface area contributed by atoms with E-state index in [1.54, 1.807) is 0 Å². The van der Waals surface area contributed by atoms with Crippen LogP contribution in [-0.2, 0) is 0 Å². The highest BCUT2D eigenvalue weighted by Gasteiger charge is 2.05. The van der Waals surface area contributed by atoms with Crippen LogP contribution < -0.4 is 9.47 Å². The maximum Gasteiger partial charge on any atom is 0.319 e. The largest absolute Gasteiger partial charge is 0.479 e. The normalized spacial score (nSPS) is 8.77. The Labute approximate surface area is 80.4 Å². The molecule has 0 aliphatic carbocycles. The zero-order valence-electron chi connectivity index (χ0n) is 7.14. The van der Waals surface area contributed by atoms with E-state index in [2.05, 4.69) is 32.3 Å². The maximum atomic E-state index is 4.93. The molecule has 0 radical (unpaired) electrons. The van der Waals surface area contributed by atoms with Crippen molar-refractivity contribution in [3.05, 3.63) is 6.20 Å². The van der Waals surface area contributed by atoms with Crippen LogP contribution in [0.3, 0.4) is 0 Å². The third-order valence-electron chi connectivity index (χ3n) is 1.26. The third-order valence-corrected chi connectivity index (χ3v) is 1.35. The minimum atomic E-state index is 0.222. The molecule has 13 heavy (non-hydrogen) atoms. The summed E-state index contributed by atoms with van der Waals surface area (Å²) in [4.78, 5) is 11.4. The molecule has 0 aliphatic rings. The number of methoxy groups -OCH3 is 2. The molecule has 0 amide bonds. The van der Waals surface area contributed by atoms with Crippen LogP contribution in [0.15, 0.2) is 11.2 Å². The van der Waals surface area contributed by atoms with Crippen molar-refractivity contribution in [3.8, 4) is 11.9 Å². The van der Waals surface area contributed by atoms with Gasteiger partial charge in [0.05, 0.1) is 25.6 Å². The molecule has 0 N–H and O–H groups in total. The molecule has 1 aromatic heterocycles. The van der Waals surface area contributed by atoms with Crippen LogP contribution in [0.2, 0.25) is 0 Å². The van der Waals surface area contributed by atoms with Crippen molar-refractivity contribution < 1.29 is 9.47 Å². The second-order valence-electron chi connectivity index (χ2n) is 1.95. The van der Waals surface area contributed by atoms with Crippen LogP contribution in [0.1, 0.15) is 0 Å². The van der Waals surface area contributed by atoms with Gasteiger partial charge in [-0.05, 0) is 12.2 Å². The fourth-order valence-electron chi connectivity index (χ4n) is 0.719. The fraction of sp³-hybridized carbons (Fsp3) is 0.286. The lowest BCUT2D eigenvalue weighted by atomic mass is 10.5. The van der Waals surface area contributed by atoms with Crippen LogP contribution in [0.5, 0.6) is 11.9 Å². The first-order valence-electron chi connectivity index (χ1n) is 3.34. The summed E-state index contributed by atoms with van der Waals surface area (Å²) < 4.78 is 9.73. The molecule has 1 aromatic rings. The number of thiocarbonyl (C=S) groups is 1. The smallest absolute Gasteiger partial charge is 0.319 e. The average molecular weight is 197 g/mol. The average Bonchev–Trinajstić information content (AvgIpc) is 2.19. The van der Waals surface area contributed by atoms with E-state index in [0.29, 0.717) is 11.6 Å². The van der Waals surface area contributed by atoms with Gasteiger partial charge >= 0.3 is 6.01 Å². The van der Waals surface area contributed by atoms with Crippen molar-refractivity contribution in [1.29, 1.82) is 0 Å². The molecule has 0 aromatic carbocycles. The fourth-order valence-corrected chi connectivity index (χ4v) is 0.817. The van der Waals surface area contributed by atoms with Gasteiger partial charge in [0.15, 0.2) is 5.69 Å². The zero-order valence-corrected chi connectivity index (χ0v) is 7.96. The highest BCUT2D eigenvalue weighted by molar-refractivity contribution is 7.78. The molecule has 0 saturated heterocycles. The number of isothiocyanates is 1.